The van der Waals surface area contributed by atoms with Crippen molar-refractivity contribution < 1.29 is 0 Å². The molecule has 2 N–H and O–H groups in total. The molecule has 0 aliphatic carbocycles. The molecule has 7 heteroatoms. The fourth-order valence-corrected chi connectivity index (χ4v) is 1.19. The van der Waals surface area contributed by atoms with Crippen LogP contribution in [0.2, 0.25) is 0 Å². The van der Waals surface area contributed by atoms with Crippen LogP contribution in [0.1, 0.15) is 0 Å². The van der Waals surface area contributed by atoms with E-state index in [4.69, 9.17) is 0 Å². The van der Waals surface area contributed by atoms with Gasteiger partial charge in [0.15, 0.2) is 5.82 Å². The van der Waals surface area contributed by atoms with Gasteiger partial charge in [0.05, 0.1) is 5.69 Å². The van der Waals surface area contributed by atoms with E-state index < -0.39 is 0 Å². The fourth-order valence-electron chi connectivity index (χ4n) is 1.19. The van der Waals surface area contributed by atoms with Crippen molar-refractivity contribution in [3.05, 3.63) is 18.3 Å². The number of aromatic nitrogens is 5. The van der Waals surface area contributed by atoms with Crippen LogP contribution in [0.4, 0.5) is 11.6 Å². The molecule has 0 saturated heterocycles. The standard InChI is InChI=1S/C6H5N7/c1-2-4-5(7-3-1)13-6(9-8-4)10-11-12-13/h1-3,8H,(H,9,10,12). The number of pyridine rings is 1. The van der Waals surface area contributed by atoms with Crippen LogP contribution < -0.4 is 10.9 Å². The van der Waals surface area contributed by atoms with Crippen LogP contribution in [0, 0.1) is 0 Å². The summed E-state index contributed by atoms with van der Waals surface area (Å²) in [6, 6.07) is 3.73. The summed E-state index contributed by atoms with van der Waals surface area (Å²) in [4.78, 5) is 4.15. The van der Waals surface area contributed by atoms with Crippen molar-refractivity contribution in [2.24, 2.45) is 0 Å². The SMILES string of the molecule is c1cnc2c(c1)NNc1nnnn1-2. The zero-order chi connectivity index (χ0) is 8.67. The average molecular weight is 175 g/mol. The first-order valence-corrected chi connectivity index (χ1v) is 3.71. The van der Waals surface area contributed by atoms with Crippen LogP contribution in [0.25, 0.3) is 5.82 Å². The molecule has 0 radical (unpaired) electrons. The summed E-state index contributed by atoms with van der Waals surface area (Å²) in [5.74, 6) is 1.23. The monoisotopic (exact) mass is 175 g/mol. The number of hydrazine groups is 1. The summed E-state index contributed by atoms with van der Waals surface area (Å²) >= 11 is 0. The Kier molecular flexibility index (Phi) is 1.05. The molecule has 0 unspecified atom stereocenters. The summed E-state index contributed by atoms with van der Waals surface area (Å²) in [7, 11) is 0. The van der Waals surface area contributed by atoms with Crippen LogP contribution in [0.3, 0.4) is 0 Å². The normalized spacial score (nSPS) is 12.3. The molecule has 0 aromatic carbocycles. The van der Waals surface area contributed by atoms with E-state index in [0.717, 1.165) is 5.69 Å². The van der Waals surface area contributed by atoms with E-state index in [2.05, 4.69) is 31.4 Å². The second-order valence-corrected chi connectivity index (χ2v) is 2.54. The van der Waals surface area contributed by atoms with E-state index in [1.807, 2.05) is 12.1 Å². The van der Waals surface area contributed by atoms with Gasteiger partial charge in [-0.2, -0.15) is 4.68 Å². The van der Waals surface area contributed by atoms with Gasteiger partial charge in [-0.25, -0.2) is 4.98 Å². The lowest BCUT2D eigenvalue weighted by molar-refractivity contribution is 0.769. The first-order valence-electron chi connectivity index (χ1n) is 3.71. The van der Waals surface area contributed by atoms with Crippen molar-refractivity contribution in [1.29, 1.82) is 0 Å². The van der Waals surface area contributed by atoms with E-state index in [1.54, 1.807) is 6.20 Å². The number of hydrogen-bond acceptors (Lipinski definition) is 6. The van der Waals surface area contributed by atoms with Crippen molar-refractivity contribution in [3.8, 4) is 5.82 Å². The van der Waals surface area contributed by atoms with Gasteiger partial charge in [-0.1, -0.05) is 5.10 Å². The van der Waals surface area contributed by atoms with Crippen molar-refractivity contribution in [3.63, 3.8) is 0 Å². The molecular weight excluding hydrogens is 170 g/mol. The molecule has 3 rings (SSSR count). The highest BCUT2D eigenvalue weighted by atomic mass is 15.6. The lowest BCUT2D eigenvalue weighted by Crippen LogP contribution is -2.21. The molecule has 0 amide bonds. The third-order valence-electron chi connectivity index (χ3n) is 1.77. The molecule has 0 saturated carbocycles. The molecule has 0 fully saturated rings. The minimum absolute atomic E-state index is 0.534. The van der Waals surface area contributed by atoms with Gasteiger partial charge in [-0.05, 0) is 22.6 Å². The van der Waals surface area contributed by atoms with E-state index in [-0.39, 0.29) is 0 Å². The van der Waals surface area contributed by atoms with Gasteiger partial charge in [-0.15, -0.1) is 0 Å². The van der Waals surface area contributed by atoms with Crippen molar-refractivity contribution >= 4 is 11.6 Å². The van der Waals surface area contributed by atoms with Crippen molar-refractivity contribution in [2.45, 2.75) is 0 Å². The quantitative estimate of drug-likeness (QED) is 0.577. The minimum atomic E-state index is 0.534. The second-order valence-electron chi connectivity index (χ2n) is 2.54. The third kappa shape index (κ3) is 0.776. The van der Waals surface area contributed by atoms with Crippen LogP contribution in [-0.4, -0.2) is 25.2 Å². The van der Waals surface area contributed by atoms with Gasteiger partial charge in [0.2, 0.25) is 0 Å². The molecule has 1 aliphatic rings. The molecule has 2 aromatic heterocycles. The summed E-state index contributed by atoms with van der Waals surface area (Å²) < 4.78 is 1.53. The number of nitrogens with zero attached hydrogens (tertiary/aromatic N) is 5. The van der Waals surface area contributed by atoms with Gasteiger partial charge >= 0.3 is 0 Å². The Morgan fingerprint density at radius 3 is 3.31 bits per heavy atom. The molecule has 13 heavy (non-hydrogen) atoms. The lowest BCUT2D eigenvalue weighted by Gasteiger charge is -2.16. The van der Waals surface area contributed by atoms with Gasteiger partial charge in [0.1, 0.15) is 0 Å². The number of fused-ring (bicyclic) bond motifs is 3. The van der Waals surface area contributed by atoms with Crippen molar-refractivity contribution in [1.82, 2.24) is 25.2 Å². The van der Waals surface area contributed by atoms with Gasteiger partial charge in [0, 0.05) is 6.20 Å². The fraction of sp³-hybridized carbons (Fsp3) is 0. The van der Waals surface area contributed by atoms with Crippen LogP contribution in [0.15, 0.2) is 18.3 Å². The lowest BCUT2D eigenvalue weighted by atomic mass is 10.4. The summed E-state index contributed by atoms with van der Waals surface area (Å²) in [5, 5.41) is 11.1. The highest BCUT2D eigenvalue weighted by molar-refractivity contribution is 5.63. The predicted molar refractivity (Wildman–Crippen MR) is 44.2 cm³/mol. The third-order valence-corrected chi connectivity index (χ3v) is 1.77. The first kappa shape index (κ1) is 6.35. The molecule has 64 valence electrons. The number of rotatable bonds is 0. The Labute approximate surface area is 72.8 Å². The van der Waals surface area contributed by atoms with E-state index in [1.165, 1.54) is 4.68 Å². The molecule has 1 aliphatic heterocycles. The Balaban J connectivity index is 2.30. The second kappa shape index (κ2) is 2.16. The maximum absolute atomic E-state index is 4.15. The van der Waals surface area contributed by atoms with Crippen LogP contribution in [0.5, 0.6) is 0 Å². The number of hydrogen-bond donors (Lipinski definition) is 2. The maximum atomic E-state index is 4.15. The summed E-state index contributed by atoms with van der Waals surface area (Å²) in [6.45, 7) is 0. The van der Waals surface area contributed by atoms with Gasteiger partial charge < -0.3 is 0 Å². The minimum Gasteiger partial charge on any atom is -0.295 e. The zero-order valence-electron chi connectivity index (χ0n) is 6.47. The van der Waals surface area contributed by atoms with Crippen LogP contribution >= 0.6 is 0 Å². The molecule has 3 heterocycles. The van der Waals surface area contributed by atoms with Crippen molar-refractivity contribution in [2.75, 3.05) is 10.9 Å². The Morgan fingerprint density at radius 1 is 1.31 bits per heavy atom. The zero-order valence-corrected chi connectivity index (χ0v) is 6.47. The highest BCUT2D eigenvalue weighted by Crippen LogP contribution is 2.22. The molecule has 7 nitrogen and oxygen atoms in total. The number of nitrogens with one attached hydrogen (secondary N) is 2. The molecule has 2 aromatic rings. The summed E-state index contributed by atoms with van der Waals surface area (Å²) in [6.07, 6.45) is 1.69. The Bertz CT molecular complexity index is 448. The molecule has 0 atom stereocenters. The number of anilines is 2. The molecule has 0 bridgehead atoms. The van der Waals surface area contributed by atoms with Gasteiger partial charge in [0.25, 0.3) is 5.95 Å². The molecule has 0 spiro atoms. The number of tetrazole rings is 1. The highest BCUT2D eigenvalue weighted by Gasteiger charge is 2.17. The predicted octanol–water partition coefficient (Wildman–Crippen LogP) is -0.190. The summed E-state index contributed by atoms with van der Waals surface area (Å²) in [5.41, 5.74) is 6.61. The Morgan fingerprint density at radius 2 is 2.31 bits per heavy atom. The van der Waals surface area contributed by atoms with E-state index >= 15 is 0 Å². The van der Waals surface area contributed by atoms with Crippen LogP contribution in [-0.2, 0) is 0 Å². The maximum Gasteiger partial charge on any atom is 0.267 e. The largest absolute Gasteiger partial charge is 0.295 e. The Hall–Kier alpha value is -2.18. The van der Waals surface area contributed by atoms with Gasteiger partial charge in [-0.3, -0.25) is 10.9 Å². The smallest absolute Gasteiger partial charge is 0.267 e. The van der Waals surface area contributed by atoms with E-state index in [0.29, 0.717) is 11.8 Å². The topological polar surface area (TPSA) is 80.6 Å². The average Bonchev–Trinajstić information content (AvgIpc) is 2.65. The molecular formula is C6H5N7. The van der Waals surface area contributed by atoms with E-state index in [9.17, 15) is 0 Å². The first-order chi connectivity index (χ1) is 6.45.